The van der Waals surface area contributed by atoms with Crippen molar-refractivity contribution in [3.05, 3.63) is 29.8 Å². The van der Waals surface area contributed by atoms with E-state index in [0.29, 0.717) is 18.7 Å². The van der Waals surface area contributed by atoms with Gasteiger partial charge in [-0.05, 0) is 18.7 Å². The number of aldehydes is 1. The van der Waals surface area contributed by atoms with Gasteiger partial charge in [-0.3, -0.25) is 4.79 Å². The largest absolute Gasteiger partial charge is 0.376 e. The molecule has 0 spiro atoms. The smallest absolute Gasteiger partial charge is 0.170 e. The van der Waals surface area contributed by atoms with Gasteiger partial charge in [-0.25, -0.2) is 4.98 Å². The first-order valence-corrected chi connectivity index (χ1v) is 5.51. The highest BCUT2D eigenvalue weighted by atomic mass is 16.1. The van der Waals surface area contributed by atoms with E-state index in [1.54, 1.807) is 0 Å². The van der Waals surface area contributed by atoms with Crippen LogP contribution in [0.15, 0.2) is 18.3 Å². The van der Waals surface area contributed by atoms with Gasteiger partial charge in [0.05, 0.1) is 11.2 Å². The van der Waals surface area contributed by atoms with Crippen LogP contribution in [0.5, 0.6) is 0 Å². The van der Waals surface area contributed by atoms with Gasteiger partial charge in [0.2, 0.25) is 0 Å². The highest BCUT2D eigenvalue weighted by Crippen LogP contribution is 2.18. The first-order valence-electron chi connectivity index (χ1n) is 5.51. The van der Waals surface area contributed by atoms with Gasteiger partial charge in [-0.15, -0.1) is 0 Å². The van der Waals surface area contributed by atoms with Crippen molar-refractivity contribution in [3.8, 4) is 0 Å². The zero-order chi connectivity index (χ0) is 12.4. The summed E-state index contributed by atoms with van der Waals surface area (Å²) in [4.78, 5) is 17.2. The van der Waals surface area contributed by atoms with E-state index in [1.165, 1.54) is 0 Å². The van der Waals surface area contributed by atoms with Crippen LogP contribution in [-0.4, -0.2) is 36.3 Å². The van der Waals surface area contributed by atoms with E-state index in [2.05, 4.69) is 4.98 Å². The Morgan fingerprint density at radius 1 is 1.47 bits per heavy atom. The van der Waals surface area contributed by atoms with Crippen LogP contribution in [-0.2, 0) is 6.42 Å². The minimum Gasteiger partial charge on any atom is -0.376 e. The van der Waals surface area contributed by atoms with Gasteiger partial charge in [-0.1, -0.05) is 0 Å². The van der Waals surface area contributed by atoms with Crippen molar-refractivity contribution in [3.63, 3.8) is 0 Å². The molecular weight excluding hydrogens is 216 g/mol. The fraction of sp³-hybridized carbons (Fsp3) is 0.333. The second-order valence-electron chi connectivity index (χ2n) is 4.11. The third-order valence-electron chi connectivity index (χ3n) is 2.72. The van der Waals surface area contributed by atoms with Crippen LogP contribution >= 0.6 is 0 Å². The molecule has 0 amide bonds. The normalized spacial score (nSPS) is 10.8. The number of hydrogen-bond acceptors (Lipinski definition) is 4. The Labute approximate surface area is 99.9 Å². The lowest BCUT2D eigenvalue weighted by atomic mass is 10.3. The fourth-order valence-corrected chi connectivity index (χ4v) is 1.82. The lowest BCUT2D eigenvalue weighted by molar-refractivity contribution is 0.112. The zero-order valence-corrected chi connectivity index (χ0v) is 10.1. The number of fused-ring (bicyclic) bond motifs is 1. The molecule has 2 heterocycles. The molecule has 5 heteroatoms. The van der Waals surface area contributed by atoms with Crippen LogP contribution in [0.25, 0.3) is 5.52 Å². The second-order valence-corrected chi connectivity index (χ2v) is 4.11. The number of nitrogens with zero attached hydrogens (tertiary/aromatic N) is 3. The molecule has 0 unspecified atom stereocenters. The maximum Gasteiger partial charge on any atom is 0.170 e. The molecule has 0 aromatic carbocycles. The standard InChI is InChI=1S/C12H16N4O/c1-15(2)9-3-4-11-10(8-17)14-12(5-6-13)16(11)7-9/h3-4,7-8H,5-6,13H2,1-2H3. The molecule has 2 rings (SSSR count). The van der Waals surface area contributed by atoms with E-state index in [9.17, 15) is 4.79 Å². The summed E-state index contributed by atoms with van der Waals surface area (Å²) >= 11 is 0. The number of imidazole rings is 1. The molecule has 17 heavy (non-hydrogen) atoms. The number of anilines is 1. The molecular formula is C12H16N4O. The Hall–Kier alpha value is -1.88. The van der Waals surface area contributed by atoms with E-state index in [1.807, 2.05) is 41.7 Å². The summed E-state index contributed by atoms with van der Waals surface area (Å²) in [6, 6.07) is 3.88. The average Bonchev–Trinajstić information content (AvgIpc) is 2.67. The van der Waals surface area contributed by atoms with Crippen molar-refractivity contribution < 1.29 is 4.79 Å². The predicted octanol–water partition coefficient (Wildman–Crippen LogP) is 0.714. The predicted molar refractivity (Wildman–Crippen MR) is 67.7 cm³/mol. The number of carbonyl (C=O) groups excluding carboxylic acids is 1. The van der Waals surface area contributed by atoms with Gasteiger partial charge in [-0.2, -0.15) is 0 Å². The minimum absolute atomic E-state index is 0.471. The third-order valence-corrected chi connectivity index (χ3v) is 2.72. The van der Waals surface area contributed by atoms with Crippen LogP contribution in [0.2, 0.25) is 0 Å². The van der Waals surface area contributed by atoms with Crippen molar-refractivity contribution in [1.29, 1.82) is 0 Å². The Kier molecular flexibility index (Phi) is 3.10. The van der Waals surface area contributed by atoms with Crippen molar-refractivity contribution in [2.75, 3.05) is 25.5 Å². The van der Waals surface area contributed by atoms with Crippen LogP contribution in [0.1, 0.15) is 16.3 Å². The number of aromatic nitrogens is 2. The monoisotopic (exact) mass is 232 g/mol. The molecule has 0 bridgehead atoms. The molecule has 0 fully saturated rings. The molecule has 2 N–H and O–H groups in total. The SMILES string of the molecule is CN(C)c1ccc2c(C=O)nc(CCN)n2c1. The van der Waals surface area contributed by atoms with E-state index in [4.69, 9.17) is 5.73 Å². The quantitative estimate of drug-likeness (QED) is 0.789. The highest BCUT2D eigenvalue weighted by Gasteiger charge is 2.10. The van der Waals surface area contributed by atoms with Gasteiger partial charge < -0.3 is 15.0 Å². The van der Waals surface area contributed by atoms with Gasteiger partial charge >= 0.3 is 0 Å². The van der Waals surface area contributed by atoms with E-state index >= 15 is 0 Å². The van der Waals surface area contributed by atoms with Gasteiger partial charge in [0, 0.05) is 26.7 Å². The Morgan fingerprint density at radius 2 is 2.24 bits per heavy atom. The zero-order valence-electron chi connectivity index (χ0n) is 10.1. The number of pyridine rings is 1. The van der Waals surface area contributed by atoms with Crippen molar-refractivity contribution in [1.82, 2.24) is 9.38 Å². The van der Waals surface area contributed by atoms with Gasteiger partial charge in [0.15, 0.2) is 6.29 Å². The summed E-state index contributed by atoms with van der Waals surface area (Å²) < 4.78 is 1.94. The van der Waals surface area contributed by atoms with Crippen molar-refractivity contribution >= 4 is 17.5 Å². The summed E-state index contributed by atoms with van der Waals surface area (Å²) in [6.45, 7) is 0.517. The molecule has 5 nitrogen and oxygen atoms in total. The maximum absolute atomic E-state index is 10.9. The molecule has 2 aromatic rings. The average molecular weight is 232 g/mol. The second kappa shape index (κ2) is 4.55. The number of nitrogens with two attached hydrogens (primary N) is 1. The molecule has 0 saturated carbocycles. The highest BCUT2D eigenvalue weighted by molar-refractivity contribution is 5.84. The molecule has 0 aliphatic heterocycles. The van der Waals surface area contributed by atoms with E-state index in [0.717, 1.165) is 23.3 Å². The number of rotatable bonds is 4. The first-order chi connectivity index (χ1) is 8.17. The first kappa shape index (κ1) is 11.6. The molecule has 0 aliphatic carbocycles. The van der Waals surface area contributed by atoms with Gasteiger partial charge in [0.25, 0.3) is 0 Å². The maximum atomic E-state index is 10.9. The molecule has 0 saturated heterocycles. The Bertz CT molecular complexity index is 545. The minimum atomic E-state index is 0.471. The molecule has 90 valence electrons. The Balaban J connectivity index is 2.64. The summed E-state index contributed by atoms with van der Waals surface area (Å²) in [5.41, 5.74) is 7.91. The lowest BCUT2D eigenvalue weighted by Crippen LogP contribution is -2.10. The number of carbonyl (C=O) groups is 1. The molecule has 0 aliphatic rings. The summed E-state index contributed by atoms with van der Waals surface area (Å²) in [5, 5.41) is 0. The molecule has 2 aromatic heterocycles. The van der Waals surface area contributed by atoms with Crippen LogP contribution in [0.3, 0.4) is 0 Å². The van der Waals surface area contributed by atoms with Crippen LogP contribution in [0, 0.1) is 0 Å². The summed E-state index contributed by atoms with van der Waals surface area (Å²) in [6.07, 6.45) is 3.41. The topological polar surface area (TPSA) is 63.6 Å². The fourth-order valence-electron chi connectivity index (χ4n) is 1.82. The summed E-state index contributed by atoms with van der Waals surface area (Å²) in [5.74, 6) is 0.827. The molecule has 0 atom stereocenters. The van der Waals surface area contributed by atoms with E-state index in [-0.39, 0.29) is 0 Å². The Morgan fingerprint density at radius 3 is 2.82 bits per heavy atom. The van der Waals surface area contributed by atoms with E-state index < -0.39 is 0 Å². The van der Waals surface area contributed by atoms with Crippen molar-refractivity contribution in [2.45, 2.75) is 6.42 Å². The number of hydrogen-bond donors (Lipinski definition) is 1. The lowest BCUT2D eigenvalue weighted by Gasteiger charge is -2.13. The summed E-state index contributed by atoms with van der Waals surface area (Å²) in [7, 11) is 3.95. The van der Waals surface area contributed by atoms with Gasteiger partial charge in [0.1, 0.15) is 11.5 Å². The van der Waals surface area contributed by atoms with Crippen molar-refractivity contribution in [2.24, 2.45) is 5.73 Å². The van der Waals surface area contributed by atoms with Crippen LogP contribution < -0.4 is 10.6 Å². The molecule has 0 radical (unpaired) electrons. The third kappa shape index (κ3) is 2.01. The van der Waals surface area contributed by atoms with Crippen LogP contribution in [0.4, 0.5) is 5.69 Å².